The van der Waals surface area contributed by atoms with Gasteiger partial charge >= 0.3 is 0 Å². The molecule has 4 rings (SSSR count). The molecule has 0 unspecified atom stereocenters. The van der Waals surface area contributed by atoms with E-state index in [9.17, 15) is 0 Å². The van der Waals surface area contributed by atoms with Gasteiger partial charge < -0.3 is 4.74 Å². The van der Waals surface area contributed by atoms with Gasteiger partial charge in [-0.15, -0.1) is 0 Å². The number of hydrogen-bond donors (Lipinski definition) is 0. The van der Waals surface area contributed by atoms with Gasteiger partial charge in [-0.05, 0) is 41.7 Å². The Kier molecular flexibility index (Phi) is 4.88. The van der Waals surface area contributed by atoms with Crippen molar-refractivity contribution in [3.8, 4) is 11.6 Å². The van der Waals surface area contributed by atoms with E-state index in [4.69, 9.17) is 4.74 Å². The van der Waals surface area contributed by atoms with Crippen molar-refractivity contribution in [2.24, 2.45) is 5.92 Å². The number of nitrogens with zero attached hydrogens (tertiary/aromatic N) is 4. The van der Waals surface area contributed by atoms with Crippen LogP contribution in [0.15, 0.2) is 67.4 Å². The molecule has 0 amide bonds. The molecule has 0 spiro atoms. The van der Waals surface area contributed by atoms with E-state index in [0.717, 1.165) is 18.8 Å². The van der Waals surface area contributed by atoms with Gasteiger partial charge in [0.1, 0.15) is 5.75 Å². The summed E-state index contributed by atoms with van der Waals surface area (Å²) in [5.41, 5.74) is 2.58. The van der Waals surface area contributed by atoms with Gasteiger partial charge in [-0.3, -0.25) is 14.9 Å². The molecule has 1 aliphatic rings. The summed E-state index contributed by atoms with van der Waals surface area (Å²) in [5, 5.41) is 0. The zero-order valence-electron chi connectivity index (χ0n) is 14.8. The Hall–Kier alpha value is -2.79. The van der Waals surface area contributed by atoms with Gasteiger partial charge in [-0.25, -0.2) is 4.98 Å². The predicted molar refractivity (Wildman–Crippen MR) is 99.7 cm³/mol. The Morgan fingerprint density at radius 3 is 2.62 bits per heavy atom. The number of benzene rings is 1. The smallest absolute Gasteiger partial charge is 0.237 e. The van der Waals surface area contributed by atoms with Crippen molar-refractivity contribution in [1.82, 2.24) is 19.9 Å². The third-order valence-electron chi connectivity index (χ3n) is 4.75. The lowest BCUT2D eigenvalue weighted by Gasteiger charge is -2.24. The lowest BCUT2D eigenvalue weighted by molar-refractivity contribution is 0.245. The maximum Gasteiger partial charge on any atom is 0.237 e. The van der Waals surface area contributed by atoms with Crippen molar-refractivity contribution in [2.75, 3.05) is 6.54 Å². The van der Waals surface area contributed by atoms with Crippen molar-refractivity contribution >= 4 is 0 Å². The molecular weight excluding hydrogens is 324 g/mol. The largest absolute Gasteiger partial charge is 0.438 e. The lowest BCUT2D eigenvalue weighted by Crippen LogP contribution is -2.23. The van der Waals surface area contributed by atoms with Gasteiger partial charge in [0, 0.05) is 43.9 Å². The molecule has 3 aromatic rings. The van der Waals surface area contributed by atoms with Gasteiger partial charge in [0.15, 0.2) is 0 Å². The van der Waals surface area contributed by atoms with Crippen molar-refractivity contribution in [2.45, 2.75) is 25.9 Å². The minimum atomic E-state index is 0.439. The van der Waals surface area contributed by atoms with Crippen LogP contribution in [0.25, 0.3) is 0 Å². The van der Waals surface area contributed by atoms with Crippen LogP contribution in [-0.2, 0) is 6.54 Å². The molecule has 0 bridgehead atoms. The van der Waals surface area contributed by atoms with E-state index in [2.05, 4.69) is 45.0 Å². The average Bonchev–Trinajstić information content (AvgIpc) is 3.05. The van der Waals surface area contributed by atoms with Crippen molar-refractivity contribution in [1.29, 1.82) is 0 Å². The molecule has 1 fully saturated rings. The quantitative estimate of drug-likeness (QED) is 0.691. The van der Waals surface area contributed by atoms with Gasteiger partial charge in [-0.2, -0.15) is 0 Å². The Labute approximate surface area is 153 Å². The third-order valence-corrected chi connectivity index (χ3v) is 4.75. The van der Waals surface area contributed by atoms with Crippen LogP contribution in [0.3, 0.4) is 0 Å². The molecule has 5 nitrogen and oxygen atoms in total. The summed E-state index contributed by atoms with van der Waals surface area (Å²) >= 11 is 0. The van der Waals surface area contributed by atoms with E-state index in [1.165, 1.54) is 17.5 Å². The van der Waals surface area contributed by atoms with Crippen LogP contribution in [-0.4, -0.2) is 26.4 Å². The summed E-state index contributed by atoms with van der Waals surface area (Å²) in [6.45, 7) is 4.36. The molecule has 0 saturated carbocycles. The number of ether oxygens (including phenoxy) is 1. The van der Waals surface area contributed by atoms with E-state index >= 15 is 0 Å². The maximum atomic E-state index is 5.72. The lowest BCUT2D eigenvalue weighted by atomic mass is 10.0. The normalized spacial score (nSPS) is 20.2. The molecule has 3 heterocycles. The van der Waals surface area contributed by atoms with Crippen LogP contribution in [0.1, 0.15) is 30.5 Å². The molecule has 0 radical (unpaired) electrons. The standard InChI is InChI=1S/C21H22N4O/c1-16-11-20(18-3-2-8-22-12-18)25(14-16)15-17-4-6-19(7-5-17)26-21-13-23-9-10-24-21/h2-10,12-13,16,20H,11,14-15H2,1H3/t16-,20-/m1/s1. The first-order valence-electron chi connectivity index (χ1n) is 8.95. The predicted octanol–water partition coefficient (Wildman–Crippen LogP) is 4.25. The second-order valence-corrected chi connectivity index (χ2v) is 6.86. The van der Waals surface area contributed by atoms with Gasteiger partial charge in [0.25, 0.3) is 0 Å². The third kappa shape index (κ3) is 3.89. The highest BCUT2D eigenvalue weighted by molar-refractivity contribution is 5.30. The Morgan fingerprint density at radius 2 is 1.88 bits per heavy atom. The van der Waals surface area contributed by atoms with Crippen LogP contribution in [0.5, 0.6) is 11.6 Å². The molecule has 5 heteroatoms. The second kappa shape index (κ2) is 7.62. The first-order chi connectivity index (χ1) is 12.8. The van der Waals surface area contributed by atoms with Crippen molar-refractivity contribution in [3.63, 3.8) is 0 Å². The fourth-order valence-electron chi connectivity index (χ4n) is 3.58. The maximum absolute atomic E-state index is 5.72. The van der Waals surface area contributed by atoms with Crippen molar-refractivity contribution in [3.05, 3.63) is 78.5 Å². The van der Waals surface area contributed by atoms with E-state index in [0.29, 0.717) is 17.8 Å². The first-order valence-corrected chi connectivity index (χ1v) is 8.95. The molecule has 0 N–H and O–H groups in total. The van der Waals surface area contributed by atoms with E-state index < -0.39 is 0 Å². The Bertz CT molecular complexity index is 824. The van der Waals surface area contributed by atoms with Crippen LogP contribution < -0.4 is 4.74 Å². The number of hydrogen-bond acceptors (Lipinski definition) is 5. The zero-order valence-corrected chi connectivity index (χ0v) is 14.8. The summed E-state index contributed by atoms with van der Waals surface area (Å²) in [4.78, 5) is 15.0. The minimum absolute atomic E-state index is 0.439. The summed E-state index contributed by atoms with van der Waals surface area (Å²) in [6, 6.07) is 12.9. The highest BCUT2D eigenvalue weighted by Crippen LogP contribution is 2.36. The zero-order chi connectivity index (χ0) is 17.8. The fraction of sp³-hybridized carbons (Fsp3) is 0.286. The molecular formula is C21H22N4O. The van der Waals surface area contributed by atoms with E-state index in [-0.39, 0.29) is 0 Å². The summed E-state index contributed by atoms with van der Waals surface area (Å²) in [7, 11) is 0. The van der Waals surface area contributed by atoms with E-state index in [1.54, 1.807) is 18.6 Å². The average molecular weight is 346 g/mol. The Balaban J connectivity index is 1.44. The van der Waals surface area contributed by atoms with Crippen LogP contribution >= 0.6 is 0 Å². The molecule has 26 heavy (non-hydrogen) atoms. The van der Waals surface area contributed by atoms with Crippen LogP contribution in [0, 0.1) is 5.92 Å². The summed E-state index contributed by atoms with van der Waals surface area (Å²) in [6.07, 6.45) is 9.87. The molecule has 1 aromatic carbocycles. The molecule has 1 saturated heterocycles. The SMILES string of the molecule is C[C@@H]1C[C@H](c2cccnc2)N(Cc2ccc(Oc3cnccn3)cc2)C1. The van der Waals surface area contributed by atoms with Gasteiger partial charge in [-0.1, -0.05) is 25.1 Å². The number of aromatic nitrogens is 3. The highest BCUT2D eigenvalue weighted by Gasteiger charge is 2.30. The topological polar surface area (TPSA) is 51.1 Å². The minimum Gasteiger partial charge on any atom is -0.438 e. The second-order valence-electron chi connectivity index (χ2n) is 6.86. The number of likely N-dealkylation sites (tertiary alicyclic amines) is 1. The van der Waals surface area contributed by atoms with Crippen LogP contribution in [0.2, 0.25) is 0 Å². The summed E-state index contributed by atoms with van der Waals surface area (Å²) in [5.74, 6) is 1.97. The molecule has 0 aliphatic carbocycles. The molecule has 1 aliphatic heterocycles. The number of rotatable bonds is 5. The number of pyridine rings is 1. The highest BCUT2D eigenvalue weighted by atomic mass is 16.5. The van der Waals surface area contributed by atoms with Crippen LogP contribution in [0.4, 0.5) is 0 Å². The summed E-state index contributed by atoms with van der Waals surface area (Å²) < 4.78 is 5.72. The monoisotopic (exact) mass is 346 g/mol. The van der Waals surface area contributed by atoms with Gasteiger partial charge in [0.05, 0.1) is 6.20 Å². The fourth-order valence-corrected chi connectivity index (χ4v) is 3.58. The van der Waals surface area contributed by atoms with Crippen molar-refractivity contribution < 1.29 is 4.74 Å². The van der Waals surface area contributed by atoms with Gasteiger partial charge in [0.2, 0.25) is 5.88 Å². The first kappa shape index (κ1) is 16.7. The molecule has 2 atom stereocenters. The Morgan fingerprint density at radius 1 is 1.04 bits per heavy atom. The van der Waals surface area contributed by atoms with E-state index in [1.807, 2.05) is 30.6 Å². The molecule has 2 aromatic heterocycles. The molecule has 132 valence electrons.